The fourth-order valence-electron chi connectivity index (χ4n) is 2.12. The van der Waals surface area contributed by atoms with E-state index in [1.54, 1.807) is 0 Å². The molecule has 0 saturated heterocycles. The molecule has 0 bridgehead atoms. The first kappa shape index (κ1) is 13.5. The van der Waals surface area contributed by atoms with Gasteiger partial charge in [-0.25, -0.2) is 0 Å². The Morgan fingerprint density at radius 2 is 1.70 bits per heavy atom. The van der Waals surface area contributed by atoms with Crippen molar-refractivity contribution in [3.8, 4) is 0 Å². The van der Waals surface area contributed by atoms with Crippen LogP contribution in [0.1, 0.15) is 5.56 Å². The Morgan fingerprint density at radius 1 is 0.900 bits per heavy atom. The van der Waals surface area contributed by atoms with Crippen LogP contribution in [0.15, 0.2) is 70.0 Å². The number of halogens is 1. The number of nitrogens with two attached hydrogens (primary N) is 1. The summed E-state index contributed by atoms with van der Waals surface area (Å²) in [7, 11) is 0. The van der Waals surface area contributed by atoms with Gasteiger partial charge in [0.1, 0.15) is 0 Å². The monoisotopic (exact) mass is 343 g/mol. The van der Waals surface area contributed by atoms with Crippen molar-refractivity contribution < 1.29 is 0 Å². The molecule has 3 aromatic rings. The van der Waals surface area contributed by atoms with Gasteiger partial charge in [0.15, 0.2) is 0 Å². The first-order chi connectivity index (χ1) is 9.72. The van der Waals surface area contributed by atoms with Gasteiger partial charge in [0.05, 0.1) is 0 Å². The quantitative estimate of drug-likeness (QED) is 0.503. The number of rotatable bonds is 3. The molecule has 0 spiro atoms. The number of hydrogen-bond donors (Lipinski definition) is 1. The first-order valence-corrected chi connectivity index (χ1v) is 8.16. The lowest BCUT2D eigenvalue weighted by atomic mass is 10.1. The van der Waals surface area contributed by atoms with E-state index in [0.29, 0.717) is 0 Å². The summed E-state index contributed by atoms with van der Waals surface area (Å²) in [6, 6.07) is 21.1. The van der Waals surface area contributed by atoms with Gasteiger partial charge >= 0.3 is 0 Å². The Balaban J connectivity index is 1.79. The molecule has 3 rings (SSSR count). The lowest BCUT2D eigenvalue weighted by Gasteiger charge is -2.07. The number of fused-ring (bicyclic) bond motifs is 1. The van der Waals surface area contributed by atoms with Gasteiger partial charge in [0.2, 0.25) is 0 Å². The van der Waals surface area contributed by atoms with E-state index in [1.807, 2.05) is 23.9 Å². The fraction of sp³-hybridized carbons (Fsp3) is 0.0588. The van der Waals surface area contributed by atoms with Gasteiger partial charge in [0.25, 0.3) is 0 Å². The molecule has 0 unspecified atom stereocenters. The fourth-order valence-corrected chi connectivity index (χ4v) is 3.45. The molecule has 0 aliphatic carbocycles. The third-order valence-corrected chi connectivity index (χ3v) is 4.76. The predicted octanol–water partition coefficient (Wildman–Crippen LogP) is 5.48. The molecule has 0 radical (unpaired) electrons. The minimum atomic E-state index is 0.840. The van der Waals surface area contributed by atoms with E-state index in [0.717, 1.165) is 15.9 Å². The van der Waals surface area contributed by atoms with Crippen molar-refractivity contribution in [2.45, 2.75) is 10.6 Å². The summed E-state index contributed by atoms with van der Waals surface area (Å²) >= 11 is 5.25. The summed E-state index contributed by atoms with van der Waals surface area (Å²) in [6.45, 7) is 0. The standard InChI is InChI=1S/C17H14BrNS/c18-15-7-5-14(17(19)10-15)11-20-16-8-6-12-3-1-2-4-13(12)9-16/h1-10H,11,19H2. The smallest absolute Gasteiger partial charge is 0.0366 e. The van der Waals surface area contributed by atoms with E-state index in [-0.39, 0.29) is 0 Å². The second-order valence-electron chi connectivity index (χ2n) is 4.64. The van der Waals surface area contributed by atoms with Crippen molar-refractivity contribution in [3.05, 3.63) is 70.7 Å². The van der Waals surface area contributed by atoms with Crippen LogP contribution in [0.25, 0.3) is 10.8 Å². The maximum absolute atomic E-state index is 6.03. The van der Waals surface area contributed by atoms with E-state index in [4.69, 9.17) is 5.73 Å². The summed E-state index contributed by atoms with van der Waals surface area (Å²) in [5.74, 6) is 0.886. The van der Waals surface area contributed by atoms with Crippen molar-refractivity contribution in [2.75, 3.05) is 5.73 Å². The molecule has 3 heteroatoms. The Bertz CT molecular complexity index is 755. The zero-order chi connectivity index (χ0) is 13.9. The average Bonchev–Trinajstić information content (AvgIpc) is 2.46. The number of anilines is 1. The van der Waals surface area contributed by atoms with Crippen LogP contribution in [-0.4, -0.2) is 0 Å². The van der Waals surface area contributed by atoms with Crippen molar-refractivity contribution in [1.82, 2.24) is 0 Å². The van der Waals surface area contributed by atoms with Gasteiger partial charge in [-0.2, -0.15) is 0 Å². The van der Waals surface area contributed by atoms with Crippen LogP contribution in [0, 0.1) is 0 Å². The Labute approximate surface area is 131 Å². The highest BCUT2D eigenvalue weighted by atomic mass is 79.9. The van der Waals surface area contributed by atoms with Crippen molar-refractivity contribution in [1.29, 1.82) is 0 Å². The molecule has 0 fully saturated rings. The van der Waals surface area contributed by atoms with E-state index in [2.05, 4.69) is 64.5 Å². The molecular formula is C17H14BrNS. The zero-order valence-corrected chi connectivity index (χ0v) is 13.2. The molecule has 0 saturated carbocycles. The van der Waals surface area contributed by atoms with E-state index in [1.165, 1.54) is 21.2 Å². The molecule has 1 nitrogen and oxygen atoms in total. The number of benzene rings is 3. The third kappa shape index (κ3) is 3.00. The molecular weight excluding hydrogens is 330 g/mol. The molecule has 2 N–H and O–H groups in total. The van der Waals surface area contributed by atoms with Crippen molar-refractivity contribution >= 4 is 44.2 Å². The molecule has 3 aromatic carbocycles. The van der Waals surface area contributed by atoms with Crippen LogP contribution in [0.5, 0.6) is 0 Å². The lowest BCUT2D eigenvalue weighted by molar-refractivity contribution is 1.38. The summed E-state index contributed by atoms with van der Waals surface area (Å²) in [5, 5.41) is 2.56. The Hall–Kier alpha value is -1.45. The van der Waals surface area contributed by atoms with Gasteiger partial charge < -0.3 is 5.73 Å². The maximum atomic E-state index is 6.03. The highest BCUT2D eigenvalue weighted by Crippen LogP contribution is 2.29. The maximum Gasteiger partial charge on any atom is 0.0366 e. The lowest BCUT2D eigenvalue weighted by Crippen LogP contribution is -1.92. The summed E-state index contributed by atoms with van der Waals surface area (Å²) < 4.78 is 1.02. The van der Waals surface area contributed by atoms with Gasteiger partial charge in [-0.3, -0.25) is 0 Å². The molecule has 20 heavy (non-hydrogen) atoms. The minimum Gasteiger partial charge on any atom is -0.398 e. The minimum absolute atomic E-state index is 0.840. The van der Waals surface area contributed by atoms with E-state index in [9.17, 15) is 0 Å². The number of hydrogen-bond acceptors (Lipinski definition) is 2. The highest BCUT2D eigenvalue weighted by molar-refractivity contribution is 9.10. The van der Waals surface area contributed by atoms with Gasteiger partial charge in [-0.15, -0.1) is 11.8 Å². The molecule has 0 amide bonds. The topological polar surface area (TPSA) is 26.0 Å². The largest absolute Gasteiger partial charge is 0.398 e. The number of thioether (sulfide) groups is 1. The Kier molecular flexibility index (Phi) is 3.99. The summed E-state index contributed by atoms with van der Waals surface area (Å²) in [5.41, 5.74) is 8.05. The first-order valence-electron chi connectivity index (χ1n) is 6.38. The van der Waals surface area contributed by atoms with Crippen LogP contribution < -0.4 is 5.73 Å². The predicted molar refractivity (Wildman–Crippen MR) is 92.1 cm³/mol. The SMILES string of the molecule is Nc1cc(Br)ccc1CSc1ccc2ccccc2c1. The average molecular weight is 344 g/mol. The highest BCUT2D eigenvalue weighted by Gasteiger charge is 2.02. The summed E-state index contributed by atoms with van der Waals surface area (Å²) in [6.07, 6.45) is 0. The molecule has 0 atom stereocenters. The van der Waals surface area contributed by atoms with Crippen LogP contribution in [0.4, 0.5) is 5.69 Å². The van der Waals surface area contributed by atoms with E-state index >= 15 is 0 Å². The zero-order valence-electron chi connectivity index (χ0n) is 10.8. The second-order valence-corrected chi connectivity index (χ2v) is 6.61. The molecule has 0 aliphatic rings. The van der Waals surface area contributed by atoms with Crippen LogP contribution in [0.2, 0.25) is 0 Å². The third-order valence-electron chi connectivity index (χ3n) is 3.22. The van der Waals surface area contributed by atoms with Gasteiger partial charge in [-0.1, -0.05) is 52.3 Å². The van der Waals surface area contributed by atoms with E-state index < -0.39 is 0 Å². The van der Waals surface area contributed by atoms with Crippen molar-refractivity contribution in [2.24, 2.45) is 0 Å². The van der Waals surface area contributed by atoms with Crippen molar-refractivity contribution in [3.63, 3.8) is 0 Å². The molecule has 0 aliphatic heterocycles. The van der Waals surface area contributed by atoms with Gasteiger partial charge in [-0.05, 0) is 40.6 Å². The van der Waals surface area contributed by atoms with Crippen LogP contribution in [-0.2, 0) is 5.75 Å². The molecule has 100 valence electrons. The Morgan fingerprint density at radius 3 is 2.50 bits per heavy atom. The normalized spacial score (nSPS) is 10.8. The van der Waals surface area contributed by atoms with Crippen LogP contribution >= 0.6 is 27.7 Å². The second kappa shape index (κ2) is 5.90. The van der Waals surface area contributed by atoms with Crippen LogP contribution in [0.3, 0.4) is 0 Å². The summed E-state index contributed by atoms with van der Waals surface area (Å²) in [4.78, 5) is 1.27. The number of nitrogen functional groups attached to an aromatic ring is 1. The molecule has 0 aromatic heterocycles. The van der Waals surface area contributed by atoms with Gasteiger partial charge in [0, 0.05) is 20.8 Å². The molecule has 0 heterocycles.